The second kappa shape index (κ2) is 6.01. The minimum atomic E-state index is -0.595. The van der Waals surface area contributed by atoms with Gasteiger partial charge in [-0.05, 0) is 24.3 Å². The molecule has 0 saturated carbocycles. The maximum Gasteiger partial charge on any atom is 0.130 e. The monoisotopic (exact) mass is 390 g/mol. The van der Waals surface area contributed by atoms with Gasteiger partial charge in [-0.1, -0.05) is 37.9 Å². The molecule has 2 aromatic carbocycles. The van der Waals surface area contributed by atoms with E-state index < -0.39 is 16.5 Å². The molecule has 2 aromatic rings. The van der Waals surface area contributed by atoms with E-state index in [1.54, 1.807) is 13.2 Å². The molecule has 0 aliphatic heterocycles. The normalized spacial score (nSPS) is 12.3. The largest absolute Gasteiger partial charge is 0.496 e. The molecule has 100 valence electrons. The average molecular weight is 392 g/mol. The number of hydrogen-bond acceptors (Lipinski definition) is 1. The van der Waals surface area contributed by atoms with E-state index in [9.17, 15) is 8.78 Å². The van der Waals surface area contributed by atoms with Crippen molar-refractivity contribution in [3.63, 3.8) is 0 Å². The van der Waals surface area contributed by atoms with Crippen molar-refractivity contribution in [2.45, 2.75) is 4.83 Å². The fraction of sp³-hybridized carbons (Fsp3) is 0.143. The minimum absolute atomic E-state index is 0.359. The van der Waals surface area contributed by atoms with Gasteiger partial charge < -0.3 is 4.74 Å². The van der Waals surface area contributed by atoms with E-state index in [0.717, 1.165) is 16.1 Å². The summed E-state index contributed by atoms with van der Waals surface area (Å²) in [5.41, 5.74) is 1.13. The van der Waals surface area contributed by atoms with Crippen LogP contribution in [0.2, 0.25) is 0 Å². The number of rotatable bonds is 3. The lowest BCUT2D eigenvalue weighted by Crippen LogP contribution is -2.00. The van der Waals surface area contributed by atoms with E-state index in [1.807, 2.05) is 12.1 Å². The molecule has 0 fully saturated rings. The van der Waals surface area contributed by atoms with Gasteiger partial charge in [-0.2, -0.15) is 0 Å². The molecular weight excluding hydrogens is 382 g/mol. The molecule has 1 atom stereocenters. The van der Waals surface area contributed by atoms with Crippen LogP contribution >= 0.6 is 31.9 Å². The number of halogens is 4. The molecule has 1 unspecified atom stereocenters. The predicted octanol–water partition coefficient (Wildman–Crippen LogP) is 5.22. The lowest BCUT2D eigenvalue weighted by atomic mass is 10.0. The first kappa shape index (κ1) is 14.5. The van der Waals surface area contributed by atoms with Gasteiger partial charge >= 0.3 is 0 Å². The van der Waals surface area contributed by atoms with E-state index in [1.165, 1.54) is 12.1 Å². The van der Waals surface area contributed by atoms with Crippen molar-refractivity contribution in [1.29, 1.82) is 0 Å². The highest BCUT2D eigenvalue weighted by atomic mass is 79.9. The molecule has 0 amide bonds. The summed E-state index contributed by atoms with van der Waals surface area (Å²) in [4.78, 5) is -0.416. The van der Waals surface area contributed by atoms with Gasteiger partial charge in [0, 0.05) is 21.7 Å². The zero-order chi connectivity index (χ0) is 14.0. The summed E-state index contributed by atoms with van der Waals surface area (Å²) in [6.45, 7) is 0. The molecule has 0 saturated heterocycles. The minimum Gasteiger partial charge on any atom is -0.496 e. The molecule has 0 N–H and O–H groups in total. The summed E-state index contributed by atoms with van der Waals surface area (Å²) in [6, 6.07) is 8.98. The van der Waals surface area contributed by atoms with Gasteiger partial charge in [-0.25, -0.2) is 8.78 Å². The van der Waals surface area contributed by atoms with Crippen molar-refractivity contribution in [3.05, 3.63) is 63.6 Å². The Balaban J connectivity index is 2.49. The molecule has 5 heteroatoms. The number of alkyl halides is 1. The van der Waals surface area contributed by atoms with Crippen LogP contribution in [0.1, 0.15) is 16.0 Å². The third kappa shape index (κ3) is 3.15. The van der Waals surface area contributed by atoms with Crippen LogP contribution in [0.15, 0.2) is 40.9 Å². The number of hydrogen-bond donors (Lipinski definition) is 0. The van der Waals surface area contributed by atoms with Gasteiger partial charge in [-0.3, -0.25) is 0 Å². The van der Waals surface area contributed by atoms with E-state index in [4.69, 9.17) is 4.74 Å². The number of methoxy groups -OCH3 is 1. The Hall–Kier alpha value is -0.940. The van der Waals surface area contributed by atoms with Gasteiger partial charge in [-0.15, -0.1) is 0 Å². The van der Waals surface area contributed by atoms with Crippen LogP contribution in [-0.2, 0) is 0 Å². The number of benzene rings is 2. The van der Waals surface area contributed by atoms with E-state index in [-0.39, 0.29) is 0 Å². The van der Waals surface area contributed by atoms with Crippen LogP contribution in [0.3, 0.4) is 0 Å². The summed E-state index contributed by atoms with van der Waals surface area (Å²) in [6.07, 6.45) is 0. The Morgan fingerprint density at radius 1 is 1.05 bits per heavy atom. The van der Waals surface area contributed by atoms with Crippen LogP contribution in [0.4, 0.5) is 8.78 Å². The fourth-order valence-corrected chi connectivity index (χ4v) is 2.89. The van der Waals surface area contributed by atoms with Crippen LogP contribution in [0.25, 0.3) is 0 Å². The van der Waals surface area contributed by atoms with Gasteiger partial charge in [0.2, 0.25) is 0 Å². The van der Waals surface area contributed by atoms with Crippen molar-refractivity contribution >= 4 is 31.9 Å². The summed E-state index contributed by atoms with van der Waals surface area (Å²) in [7, 11) is 1.55. The molecule has 0 spiro atoms. The molecule has 0 aliphatic carbocycles. The molecule has 0 radical (unpaired) electrons. The summed E-state index contributed by atoms with van der Waals surface area (Å²) >= 11 is 6.80. The fourth-order valence-electron chi connectivity index (χ4n) is 1.78. The van der Waals surface area contributed by atoms with E-state index in [2.05, 4.69) is 31.9 Å². The Kier molecular flexibility index (Phi) is 4.58. The third-order valence-corrected chi connectivity index (χ3v) is 4.18. The third-order valence-electron chi connectivity index (χ3n) is 2.70. The molecule has 1 nitrogen and oxygen atoms in total. The zero-order valence-electron chi connectivity index (χ0n) is 9.96. The van der Waals surface area contributed by atoms with Crippen molar-refractivity contribution in [1.82, 2.24) is 0 Å². The van der Waals surface area contributed by atoms with Crippen molar-refractivity contribution < 1.29 is 13.5 Å². The first-order valence-corrected chi connectivity index (χ1v) is 7.16. The van der Waals surface area contributed by atoms with E-state index >= 15 is 0 Å². The van der Waals surface area contributed by atoms with Crippen molar-refractivity contribution in [2.24, 2.45) is 0 Å². The van der Waals surface area contributed by atoms with Crippen LogP contribution in [0.5, 0.6) is 5.75 Å². The Morgan fingerprint density at radius 3 is 2.42 bits per heavy atom. The highest BCUT2D eigenvalue weighted by molar-refractivity contribution is 9.10. The molecule has 0 bridgehead atoms. The summed E-state index contributed by atoms with van der Waals surface area (Å²) < 4.78 is 32.9. The SMILES string of the molecule is COc1ccc(Br)cc1C(Br)c1ccc(F)cc1F. The van der Waals surface area contributed by atoms with Crippen LogP contribution in [0, 0.1) is 11.6 Å². The molecular formula is C14H10Br2F2O. The lowest BCUT2D eigenvalue weighted by Gasteiger charge is -2.15. The first-order chi connectivity index (χ1) is 9.02. The molecule has 0 aliphatic rings. The quantitative estimate of drug-likeness (QED) is 0.651. The lowest BCUT2D eigenvalue weighted by molar-refractivity contribution is 0.410. The molecule has 19 heavy (non-hydrogen) atoms. The molecule has 2 rings (SSSR count). The predicted molar refractivity (Wildman–Crippen MR) is 77.8 cm³/mol. The average Bonchev–Trinajstić information content (AvgIpc) is 2.38. The number of ether oxygens (including phenoxy) is 1. The smallest absolute Gasteiger partial charge is 0.130 e. The van der Waals surface area contributed by atoms with Gasteiger partial charge in [0.25, 0.3) is 0 Å². The molecule has 0 aromatic heterocycles. The maximum absolute atomic E-state index is 13.8. The maximum atomic E-state index is 13.8. The van der Waals surface area contributed by atoms with Crippen molar-refractivity contribution in [3.8, 4) is 5.75 Å². The second-order valence-corrected chi connectivity index (χ2v) is 5.75. The van der Waals surface area contributed by atoms with Gasteiger partial charge in [0.15, 0.2) is 0 Å². The zero-order valence-corrected chi connectivity index (χ0v) is 13.1. The summed E-state index contributed by atoms with van der Waals surface area (Å²) in [5, 5.41) is 0. The van der Waals surface area contributed by atoms with Crippen LogP contribution in [-0.4, -0.2) is 7.11 Å². The van der Waals surface area contributed by atoms with Gasteiger partial charge in [0.1, 0.15) is 17.4 Å². The Bertz CT molecular complexity index is 602. The summed E-state index contributed by atoms with van der Waals surface area (Å²) in [5.74, 6) is -0.556. The highest BCUT2D eigenvalue weighted by Gasteiger charge is 2.19. The van der Waals surface area contributed by atoms with Crippen molar-refractivity contribution in [2.75, 3.05) is 7.11 Å². The Labute approximate surface area is 126 Å². The molecule has 0 heterocycles. The van der Waals surface area contributed by atoms with Gasteiger partial charge in [0.05, 0.1) is 11.9 Å². The Morgan fingerprint density at radius 2 is 1.79 bits per heavy atom. The van der Waals surface area contributed by atoms with Crippen LogP contribution < -0.4 is 4.74 Å². The second-order valence-electron chi connectivity index (χ2n) is 3.91. The topological polar surface area (TPSA) is 9.23 Å². The standard InChI is InChI=1S/C14H10Br2F2O/c1-19-13-5-2-8(15)6-11(13)14(16)10-4-3-9(17)7-12(10)18/h2-7,14H,1H3. The highest BCUT2D eigenvalue weighted by Crippen LogP contribution is 2.39. The first-order valence-electron chi connectivity index (χ1n) is 5.45. The van der Waals surface area contributed by atoms with E-state index in [0.29, 0.717) is 11.3 Å².